The summed E-state index contributed by atoms with van der Waals surface area (Å²) in [5.74, 6) is 0.447. The maximum Gasteiger partial charge on any atom is 0.146 e. The summed E-state index contributed by atoms with van der Waals surface area (Å²) in [6, 6.07) is 13.6. The number of benzene rings is 2. The fraction of sp³-hybridized carbons (Fsp3) is 0.304. The quantitative estimate of drug-likeness (QED) is 0.356. The molecular formula is C23H26ClFN4S2. The molecule has 2 unspecified atom stereocenters. The van der Waals surface area contributed by atoms with Crippen LogP contribution in [0.5, 0.6) is 0 Å². The van der Waals surface area contributed by atoms with Crippen LogP contribution in [0.25, 0.3) is 0 Å². The summed E-state index contributed by atoms with van der Waals surface area (Å²) in [6.07, 6.45) is 2.46. The molecule has 2 heterocycles. The largest absolute Gasteiger partial charge is 0.376 e. The summed E-state index contributed by atoms with van der Waals surface area (Å²) in [5.41, 5.74) is 3.53. The number of halogens is 2. The molecule has 3 aromatic rings. The van der Waals surface area contributed by atoms with Gasteiger partial charge < -0.3 is 14.9 Å². The van der Waals surface area contributed by atoms with Crippen LogP contribution in [0.1, 0.15) is 31.4 Å². The Morgan fingerprint density at radius 3 is 2.71 bits per heavy atom. The Morgan fingerprint density at radius 1 is 1.26 bits per heavy atom. The predicted octanol–water partition coefficient (Wildman–Crippen LogP) is 6.66. The number of likely N-dealkylation sites (tertiary alicyclic amines) is 1. The zero-order valence-electron chi connectivity index (χ0n) is 17.4. The lowest BCUT2D eigenvalue weighted by Crippen LogP contribution is -2.29. The van der Waals surface area contributed by atoms with Crippen LogP contribution >= 0.6 is 33.6 Å². The third-order valence-electron chi connectivity index (χ3n) is 5.31. The van der Waals surface area contributed by atoms with Crippen LogP contribution in [-0.2, 0) is 0 Å². The average Bonchev–Trinajstić information content (AvgIpc) is 3.49. The first-order chi connectivity index (χ1) is 15.1. The Morgan fingerprint density at radius 2 is 2.03 bits per heavy atom. The predicted molar refractivity (Wildman–Crippen MR) is 133 cm³/mol. The first-order valence-corrected chi connectivity index (χ1v) is 12.9. The maximum atomic E-state index is 15.2. The van der Waals surface area contributed by atoms with Gasteiger partial charge in [-0.2, -0.15) is 0 Å². The van der Waals surface area contributed by atoms with Gasteiger partial charge in [0.2, 0.25) is 0 Å². The second kappa shape index (κ2) is 10.6. The van der Waals surface area contributed by atoms with Crippen molar-refractivity contribution in [2.24, 2.45) is 0 Å². The van der Waals surface area contributed by atoms with Crippen molar-refractivity contribution in [3.8, 4) is 0 Å². The van der Waals surface area contributed by atoms with E-state index >= 15 is 4.39 Å². The number of nitrogens with zero attached hydrogens (tertiary/aromatic N) is 2. The van der Waals surface area contributed by atoms with Gasteiger partial charge in [-0.15, -0.1) is 11.3 Å². The molecule has 0 saturated carbocycles. The zero-order valence-corrected chi connectivity index (χ0v) is 19.7. The molecule has 4 rings (SSSR count). The topological polar surface area (TPSA) is 40.2 Å². The van der Waals surface area contributed by atoms with E-state index in [-0.39, 0.29) is 11.9 Å². The number of anilines is 2. The third kappa shape index (κ3) is 5.66. The molecule has 164 valence electrons. The van der Waals surface area contributed by atoms with E-state index in [0.717, 1.165) is 25.5 Å². The second-order valence-corrected chi connectivity index (χ2v) is 10.3. The summed E-state index contributed by atoms with van der Waals surface area (Å²) in [4.78, 5) is 7.22. The number of rotatable bonds is 8. The number of thiazole rings is 1. The van der Waals surface area contributed by atoms with Crippen LogP contribution in [0, 0.1) is 5.82 Å². The monoisotopic (exact) mass is 476 g/mol. The van der Waals surface area contributed by atoms with Crippen molar-refractivity contribution in [2.75, 3.05) is 29.7 Å². The summed E-state index contributed by atoms with van der Waals surface area (Å²) in [5, 5.41) is 7.86. The molecule has 1 aliphatic heterocycles. The van der Waals surface area contributed by atoms with Gasteiger partial charge in [0.05, 0.1) is 27.2 Å². The SMILES string of the molecule is C/C=S(/Nc1cscn1)c1cc(Cl)c(NC(CN2CCCC2)c2ccccc2)cc1F. The molecule has 31 heavy (non-hydrogen) atoms. The highest BCUT2D eigenvalue weighted by Gasteiger charge is 2.21. The van der Waals surface area contributed by atoms with E-state index in [1.807, 2.05) is 35.9 Å². The summed E-state index contributed by atoms with van der Waals surface area (Å²) < 4.78 is 18.4. The van der Waals surface area contributed by atoms with Crippen LogP contribution in [0.4, 0.5) is 15.9 Å². The van der Waals surface area contributed by atoms with Crippen LogP contribution in [0.15, 0.2) is 58.3 Å². The van der Waals surface area contributed by atoms with E-state index in [9.17, 15) is 0 Å². The van der Waals surface area contributed by atoms with E-state index in [2.05, 4.69) is 32.1 Å². The van der Waals surface area contributed by atoms with Gasteiger partial charge in [0, 0.05) is 11.9 Å². The molecule has 0 amide bonds. The van der Waals surface area contributed by atoms with E-state index in [4.69, 9.17) is 11.6 Å². The van der Waals surface area contributed by atoms with Gasteiger partial charge in [-0.3, -0.25) is 0 Å². The molecular weight excluding hydrogens is 451 g/mol. The molecule has 4 nitrogen and oxygen atoms in total. The number of hydrogen-bond acceptors (Lipinski definition) is 5. The van der Waals surface area contributed by atoms with Gasteiger partial charge in [-0.1, -0.05) is 52.6 Å². The van der Waals surface area contributed by atoms with Gasteiger partial charge in [-0.25, -0.2) is 9.37 Å². The van der Waals surface area contributed by atoms with E-state index in [0.29, 0.717) is 15.6 Å². The number of hydrogen-bond donors (Lipinski definition) is 2. The highest BCUT2D eigenvalue weighted by atomic mass is 35.5. The molecule has 8 heteroatoms. The van der Waals surface area contributed by atoms with Crippen LogP contribution in [0.2, 0.25) is 5.02 Å². The van der Waals surface area contributed by atoms with Crippen LogP contribution in [0.3, 0.4) is 0 Å². The Balaban J connectivity index is 1.58. The highest BCUT2D eigenvalue weighted by Crippen LogP contribution is 2.37. The Bertz CT molecular complexity index is 1020. The van der Waals surface area contributed by atoms with Crippen molar-refractivity contribution in [3.05, 3.63) is 69.8 Å². The molecule has 0 aliphatic carbocycles. The number of aromatic nitrogens is 1. The molecule has 0 radical (unpaired) electrons. The zero-order chi connectivity index (χ0) is 21.6. The van der Waals surface area contributed by atoms with Crippen LogP contribution < -0.4 is 10.0 Å². The normalized spacial score (nSPS) is 16.4. The molecule has 1 aromatic heterocycles. The molecule has 0 bridgehead atoms. The fourth-order valence-electron chi connectivity index (χ4n) is 3.76. The molecule has 1 fully saturated rings. The van der Waals surface area contributed by atoms with Gasteiger partial charge in [-0.05, 0) is 55.9 Å². The van der Waals surface area contributed by atoms with Crippen molar-refractivity contribution in [1.29, 1.82) is 0 Å². The first-order valence-electron chi connectivity index (χ1n) is 10.3. The lowest BCUT2D eigenvalue weighted by atomic mass is 10.1. The van der Waals surface area contributed by atoms with Crippen molar-refractivity contribution >= 4 is 50.5 Å². The summed E-state index contributed by atoms with van der Waals surface area (Å²) in [7, 11) is -0.633. The van der Waals surface area contributed by atoms with Gasteiger partial charge in [0.15, 0.2) is 0 Å². The fourth-order valence-corrected chi connectivity index (χ4v) is 5.93. The molecule has 2 atom stereocenters. The van der Waals surface area contributed by atoms with E-state index in [1.54, 1.807) is 11.6 Å². The van der Waals surface area contributed by atoms with Gasteiger partial charge in [0.1, 0.15) is 11.6 Å². The van der Waals surface area contributed by atoms with Crippen LogP contribution in [-0.4, -0.2) is 34.9 Å². The van der Waals surface area contributed by atoms with Crippen molar-refractivity contribution < 1.29 is 4.39 Å². The van der Waals surface area contributed by atoms with Crippen molar-refractivity contribution in [3.63, 3.8) is 0 Å². The first kappa shape index (κ1) is 22.3. The summed E-state index contributed by atoms with van der Waals surface area (Å²) in [6.45, 7) is 4.97. The van der Waals surface area contributed by atoms with E-state index in [1.165, 1.54) is 35.8 Å². The highest BCUT2D eigenvalue weighted by molar-refractivity contribution is 8.16. The Hall–Kier alpha value is -1.93. The number of nitrogens with one attached hydrogen (secondary N) is 2. The smallest absolute Gasteiger partial charge is 0.146 e. The minimum absolute atomic E-state index is 0.0335. The van der Waals surface area contributed by atoms with Gasteiger partial charge >= 0.3 is 0 Å². The Labute approximate surface area is 194 Å². The molecule has 2 aromatic carbocycles. The lowest BCUT2D eigenvalue weighted by Gasteiger charge is -2.26. The standard InChI is InChI=1S/C23H26ClFN4S2/c1-2-31(28-23-15-30-16-26-23)22-12-18(24)20(13-19(22)25)27-21(14-29-10-6-7-11-29)17-8-4-3-5-9-17/h2-5,8-9,12-13,15-16,21,27-28H,6-7,10-11,14H2,1H3. The summed E-state index contributed by atoms with van der Waals surface area (Å²) >= 11 is 8.14. The molecule has 2 N–H and O–H groups in total. The van der Waals surface area contributed by atoms with Crippen molar-refractivity contribution in [1.82, 2.24) is 9.88 Å². The van der Waals surface area contributed by atoms with E-state index < -0.39 is 10.7 Å². The van der Waals surface area contributed by atoms with Gasteiger partial charge in [0.25, 0.3) is 0 Å². The lowest BCUT2D eigenvalue weighted by molar-refractivity contribution is 0.323. The molecule has 1 saturated heterocycles. The Kier molecular flexibility index (Phi) is 7.61. The molecule has 0 spiro atoms. The average molecular weight is 477 g/mol. The maximum absolute atomic E-state index is 15.2. The third-order valence-corrected chi connectivity index (χ3v) is 7.90. The minimum atomic E-state index is -0.633. The second-order valence-electron chi connectivity index (χ2n) is 7.43. The molecule has 1 aliphatic rings. The van der Waals surface area contributed by atoms with Crippen molar-refractivity contribution in [2.45, 2.75) is 30.7 Å². The minimum Gasteiger partial charge on any atom is -0.376 e.